The van der Waals surface area contributed by atoms with E-state index in [2.05, 4.69) is 42.4 Å². The van der Waals surface area contributed by atoms with Gasteiger partial charge in [0.1, 0.15) is 0 Å². The van der Waals surface area contributed by atoms with E-state index in [-0.39, 0.29) is 11.0 Å². The summed E-state index contributed by atoms with van der Waals surface area (Å²) in [5.41, 5.74) is 1.43. The number of aryl methyl sites for hydroxylation is 2. The Morgan fingerprint density at radius 2 is 2.05 bits per heavy atom. The largest absolute Gasteiger partial charge is 0.491 e. The summed E-state index contributed by atoms with van der Waals surface area (Å²) in [7, 11) is -2.04. The molecule has 0 bridgehead atoms. The van der Waals surface area contributed by atoms with Gasteiger partial charge >= 0.3 is 0 Å². The Morgan fingerprint density at radius 3 is 2.55 bits per heavy atom. The maximum Gasteiger partial charge on any atom is 0.249 e. The van der Waals surface area contributed by atoms with E-state index in [1.807, 2.05) is 17.4 Å². The maximum absolute atomic E-state index is 11.7. The van der Waals surface area contributed by atoms with Crippen molar-refractivity contribution in [1.82, 2.24) is 19.5 Å². The number of ether oxygens (including phenoxy) is 1. The van der Waals surface area contributed by atoms with Crippen molar-refractivity contribution in [3.63, 3.8) is 0 Å². The zero-order valence-electron chi connectivity index (χ0n) is 12.4. The number of aromatic nitrogens is 4. The van der Waals surface area contributed by atoms with Crippen LogP contribution in [0.25, 0.3) is 0 Å². The Morgan fingerprint density at radius 1 is 1.36 bits per heavy atom. The minimum atomic E-state index is -3.52. The van der Waals surface area contributed by atoms with Gasteiger partial charge in [0.05, 0.1) is 19.2 Å². The molecule has 2 aromatic rings. The van der Waals surface area contributed by atoms with Gasteiger partial charge < -0.3 is 10.1 Å². The van der Waals surface area contributed by atoms with Gasteiger partial charge in [0, 0.05) is 18.0 Å². The second-order valence-electron chi connectivity index (χ2n) is 4.54. The van der Waals surface area contributed by atoms with E-state index >= 15 is 0 Å². The summed E-state index contributed by atoms with van der Waals surface area (Å²) in [4.78, 5) is 8.02. The molecule has 2 rings (SSSR count). The van der Waals surface area contributed by atoms with Crippen LogP contribution >= 0.6 is 28.4 Å². The second kappa shape index (κ2) is 6.63. The molecule has 0 aliphatic heterocycles. The monoisotopic (exact) mass is 455 g/mol. The summed E-state index contributed by atoms with van der Waals surface area (Å²) >= 11 is 2.23. The first-order chi connectivity index (χ1) is 10.3. The summed E-state index contributed by atoms with van der Waals surface area (Å²) < 4.78 is 30.5. The fourth-order valence-electron chi connectivity index (χ4n) is 1.77. The standard InChI is InChI=1S/C11H15IN5O3PS/c1-6-5-8(16-17(6)21-12)14-10-9(20-3)7(2)13-11(15-10)22(4,18)19/h5,21H,1-4H3,(H,13,14,15,16). The van der Waals surface area contributed by atoms with Crippen LogP contribution in [0.3, 0.4) is 0 Å². The van der Waals surface area contributed by atoms with Gasteiger partial charge in [-0.15, -0.1) is 0 Å². The summed E-state index contributed by atoms with van der Waals surface area (Å²) in [6, 6.07) is 1.85. The van der Waals surface area contributed by atoms with Crippen LogP contribution in [0.4, 0.5) is 11.6 Å². The molecule has 0 fully saturated rings. The summed E-state index contributed by atoms with van der Waals surface area (Å²) in [6.07, 6.45) is 1.53. The van der Waals surface area contributed by atoms with Crippen LogP contribution in [0.1, 0.15) is 11.4 Å². The van der Waals surface area contributed by atoms with Crippen LogP contribution in [0, 0.1) is 13.8 Å². The molecule has 1 atom stereocenters. The molecule has 0 amide bonds. The van der Waals surface area contributed by atoms with Gasteiger partial charge in [0.25, 0.3) is 0 Å². The van der Waals surface area contributed by atoms with E-state index in [0.29, 0.717) is 23.6 Å². The minimum Gasteiger partial charge on any atom is -0.491 e. The van der Waals surface area contributed by atoms with Gasteiger partial charge in [0.2, 0.25) is 15.0 Å². The number of anilines is 2. The molecule has 0 aliphatic carbocycles. The lowest BCUT2D eigenvalue weighted by atomic mass is 10.3. The lowest BCUT2D eigenvalue weighted by molar-refractivity contribution is 0.407. The molecule has 0 aromatic carbocycles. The lowest BCUT2D eigenvalue weighted by Gasteiger charge is -2.11. The third kappa shape index (κ3) is 3.66. The number of methoxy groups -OCH3 is 1. The Balaban J connectivity index is 2.50. The van der Waals surface area contributed by atoms with Crippen LogP contribution < -0.4 is 10.1 Å². The van der Waals surface area contributed by atoms with Crippen molar-refractivity contribution in [2.24, 2.45) is 0 Å². The van der Waals surface area contributed by atoms with E-state index in [4.69, 9.17) is 4.74 Å². The molecular formula is C11H15IN5O3PS. The number of rotatable bonds is 5. The van der Waals surface area contributed by atoms with Crippen LogP contribution in [-0.2, 0) is 9.84 Å². The van der Waals surface area contributed by atoms with Crippen molar-refractivity contribution in [2.75, 3.05) is 18.7 Å². The van der Waals surface area contributed by atoms with Crippen molar-refractivity contribution in [3.8, 4) is 5.75 Å². The Bertz CT molecular complexity index is 808. The third-order valence-corrected chi connectivity index (χ3v) is 5.59. The number of halogens is 1. The Labute approximate surface area is 143 Å². The quantitative estimate of drug-likeness (QED) is 0.420. The molecule has 120 valence electrons. The molecule has 0 aliphatic rings. The van der Waals surface area contributed by atoms with Crippen LogP contribution in [0.2, 0.25) is 0 Å². The molecule has 0 spiro atoms. The second-order valence-corrected chi connectivity index (χ2v) is 8.49. The molecule has 8 nitrogen and oxygen atoms in total. The third-order valence-electron chi connectivity index (χ3n) is 2.76. The molecule has 11 heteroatoms. The van der Waals surface area contributed by atoms with Crippen molar-refractivity contribution in [2.45, 2.75) is 19.0 Å². The van der Waals surface area contributed by atoms with E-state index in [9.17, 15) is 8.42 Å². The van der Waals surface area contributed by atoms with Crippen molar-refractivity contribution >= 4 is 49.9 Å². The van der Waals surface area contributed by atoms with Crippen LogP contribution in [0.15, 0.2) is 11.2 Å². The highest BCUT2D eigenvalue weighted by Crippen LogP contribution is 2.31. The molecule has 22 heavy (non-hydrogen) atoms. The lowest BCUT2D eigenvalue weighted by Crippen LogP contribution is -2.10. The predicted molar refractivity (Wildman–Crippen MR) is 94.4 cm³/mol. The number of sulfone groups is 1. The summed E-state index contributed by atoms with van der Waals surface area (Å²) in [6.45, 7) is 3.60. The van der Waals surface area contributed by atoms with Gasteiger partial charge in [-0.05, 0) is 35.9 Å². The van der Waals surface area contributed by atoms with Gasteiger partial charge in [-0.3, -0.25) is 0 Å². The first kappa shape index (κ1) is 17.4. The number of nitrogens with one attached hydrogen (secondary N) is 1. The zero-order valence-corrected chi connectivity index (χ0v) is 16.4. The molecule has 0 saturated carbocycles. The highest BCUT2D eigenvalue weighted by atomic mass is 127. The Hall–Kier alpha value is -1.000. The van der Waals surface area contributed by atoms with Crippen LogP contribution in [-0.4, -0.2) is 41.3 Å². The average molecular weight is 455 g/mol. The molecule has 0 saturated heterocycles. The molecule has 2 aromatic heterocycles. The van der Waals surface area contributed by atoms with Gasteiger partial charge in [-0.2, -0.15) is 10.1 Å². The molecule has 0 radical (unpaired) electrons. The van der Waals surface area contributed by atoms with Crippen molar-refractivity contribution in [3.05, 3.63) is 17.5 Å². The summed E-state index contributed by atoms with van der Waals surface area (Å²) in [5, 5.41) is 7.12. The minimum absolute atomic E-state index is 0.250. The molecular weight excluding hydrogens is 440 g/mol. The van der Waals surface area contributed by atoms with Crippen molar-refractivity contribution < 1.29 is 13.2 Å². The SMILES string of the molecule is COc1c(C)nc(S(C)(=O)=O)nc1Nc1cc(C)n(PI)n1. The van der Waals surface area contributed by atoms with E-state index in [1.54, 1.807) is 6.92 Å². The smallest absolute Gasteiger partial charge is 0.249 e. The van der Waals surface area contributed by atoms with Crippen LogP contribution in [0.5, 0.6) is 5.75 Å². The van der Waals surface area contributed by atoms with Gasteiger partial charge in [-0.25, -0.2) is 17.9 Å². The zero-order chi connectivity index (χ0) is 16.5. The first-order valence-corrected chi connectivity index (χ1v) is 12.0. The number of nitrogens with zero attached hydrogens (tertiary/aromatic N) is 4. The van der Waals surface area contributed by atoms with Crippen molar-refractivity contribution in [1.29, 1.82) is 0 Å². The molecule has 2 heterocycles. The topological polar surface area (TPSA) is 99.0 Å². The fourth-order valence-corrected chi connectivity index (χ4v) is 4.14. The molecule has 1 N–H and O–H groups in total. The summed E-state index contributed by atoms with van der Waals surface area (Å²) in [5.74, 6) is 1.23. The fraction of sp³-hybridized carbons (Fsp3) is 0.364. The Kier molecular flexibility index (Phi) is 5.23. The number of hydrogen-bond donors (Lipinski definition) is 1. The van der Waals surface area contributed by atoms with E-state index in [1.165, 1.54) is 7.11 Å². The van der Waals surface area contributed by atoms with Gasteiger partial charge in [0.15, 0.2) is 17.4 Å². The normalized spacial score (nSPS) is 12.0. The molecule has 1 unspecified atom stereocenters. The average Bonchev–Trinajstić information content (AvgIpc) is 2.77. The first-order valence-electron chi connectivity index (χ1n) is 6.09. The number of hydrogen-bond acceptors (Lipinski definition) is 7. The predicted octanol–water partition coefficient (Wildman–Crippen LogP) is 2.24. The maximum atomic E-state index is 11.7. The van der Waals surface area contributed by atoms with Gasteiger partial charge in [-0.1, -0.05) is 0 Å². The van der Waals surface area contributed by atoms with E-state index < -0.39 is 9.84 Å². The highest BCUT2D eigenvalue weighted by molar-refractivity contribution is 14.2. The van der Waals surface area contributed by atoms with E-state index in [0.717, 1.165) is 11.9 Å². The highest BCUT2D eigenvalue weighted by Gasteiger charge is 2.19.